The summed E-state index contributed by atoms with van der Waals surface area (Å²) in [7, 11) is 0. The van der Waals surface area contributed by atoms with Crippen molar-refractivity contribution >= 4 is 0 Å². The van der Waals surface area contributed by atoms with Gasteiger partial charge in [-0.3, -0.25) is 0 Å². The van der Waals surface area contributed by atoms with Crippen molar-refractivity contribution in [1.82, 2.24) is 15.0 Å². The highest BCUT2D eigenvalue weighted by Crippen LogP contribution is 2.09. The van der Waals surface area contributed by atoms with Crippen LogP contribution in [-0.2, 0) is 6.54 Å². The lowest BCUT2D eigenvalue weighted by Crippen LogP contribution is -2.09. The standard InChI is InChI=1S/C7H12F2N4/c1-2-5(10)6-3-13(12-11-6)4-7(8)9/h3,5,7H,2,4,10H2,1H3. The highest BCUT2D eigenvalue weighted by atomic mass is 19.3. The highest BCUT2D eigenvalue weighted by Gasteiger charge is 2.10. The van der Waals surface area contributed by atoms with E-state index in [4.69, 9.17) is 5.73 Å². The minimum absolute atomic E-state index is 0.216. The van der Waals surface area contributed by atoms with E-state index < -0.39 is 13.0 Å². The fraction of sp³-hybridized carbons (Fsp3) is 0.714. The Morgan fingerprint density at radius 1 is 1.62 bits per heavy atom. The maximum absolute atomic E-state index is 11.9. The average Bonchev–Trinajstić information content (AvgIpc) is 2.50. The molecular weight excluding hydrogens is 178 g/mol. The van der Waals surface area contributed by atoms with Gasteiger partial charge in [0.1, 0.15) is 6.54 Å². The Hall–Kier alpha value is -1.04. The van der Waals surface area contributed by atoms with Crippen LogP contribution in [-0.4, -0.2) is 21.4 Å². The summed E-state index contributed by atoms with van der Waals surface area (Å²) in [5.74, 6) is 0. The summed E-state index contributed by atoms with van der Waals surface area (Å²) in [5.41, 5.74) is 6.19. The molecule has 1 aromatic heterocycles. The third-order valence-electron chi connectivity index (χ3n) is 1.70. The second kappa shape index (κ2) is 4.27. The number of alkyl halides is 2. The third-order valence-corrected chi connectivity index (χ3v) is 1.70. The molecule has 0 saturated heterocycles. The number of hydrogen-bond donors (Lipinski definition) is 1. The minimum Gasteiger partial charge on any atom is -0.323 e. The second-order valence-electron chi connectivity index (χ2n) is 2.77. The lowest BCUT2D eigenvalue weighted by Gasteiger charge is -2.01. The van der Waals surface area contributed by atoms with Crippen molar-refractivity contribution < 1.29 is 8.78 Å². The van der Waals surface area contributed by atoms with Gasteiger partial charge in [-0.25, -0.2) is 13.5 Å². The van der Waals surface area contributed by atoms with Crippen molar-refractivity contribution in [1.29, 1.82) is 0 Å². The minimum atomic E-state index is -2.41. The van der Waals surface area contributed by atoms with Gasteiger partial charge in [0.15, 0.2) is 0 Å². The van der Waals surface area contributed by atoms with Crippen LogP contribution in [0.1, 0.15) is 25.1 Å². The van der Waals surface area contributed by atoms with Gasteiger partial charge in [-0.1, -0.05) is 12.1 Å². The lowest BCUT2D eigenvalue weighted by atomic mass is 10.2. The van der Waals surface area contributed by atoms with Crippen LogP contribution in [0.5, 0.6) is 0 Å². The molecule has 1 aromatic rings. The first kappa shape index (κ1) is 10.0. The topological polar surface area (TPSA) is 56.7 Å². The number of hydrogen-bond acceptors (Lipinski definition) is 3. The van der Waals surface area contributed by atoms with E-state index in [1.54, 1.807) is 0 Å². The van der Waals surface area contributed by atoms with Crippen molar-refractivity contribution in [2.24, 2.45) is 5.73 Å². The van der Waals surface area contributed by atoms with Crippen LogP contribution in [0.3, 0.4) is 0 Å². The number of halogens is 2. The number of nitrogens with two attached hydrogens (primary N) is 1. The zero-order chi connectivity index (χ0) is 9.84. The molecule has 0 aliphatic rings. The fourth-order valence-corrected chi connectivity index (χ4v) is 0.923. The van der Waals surface area contributed by atoms with Crippen LogP contribution in [0.2, 0.25) is 0 Å². The summed E-state index contributed by atoms with van der Waals surface area (Å²) in [5, 5.41) is 7.23. The Labute approximate surface area is 74.7 Å². The van der Waals surface area contributed by atoms with Crippen molar-refractivity contribution in [2.75, 3.05) is 0 Å². The van der Waals surface area contributed by atoms with Crippen molar-refractivity contribution in [2.45, 2.75) is 32.4 Å². The SMILES string of the molecule is CCC(N)c1cn(CC(F)F)nn1. The van der Waals surface area contributed by atoms with Gasteiger partial charge in [0, 0.05) is 0 Å². The van der Waals surface area contributed by atoms with Crippen LogP contribution < -0.4 is 5.73 Å². The monoisotopic (exact) mass is 190 g/mol. The van der Waals surface area contributed by atoms with Gasteiger partial charge >= 0.3 is 0 Å². The molecule has 4 nitrogen and oxygen atoms in total. The second-order valence-corrected chi connectivity index (χ2v) is 2.77. The van der Waals surface area contributed by atoms with Crippen molar-refractivity contribution in [3.05, 3.63) is 11.9 Å². The summed E-state index contributed by atoms with van der Waals surface area (Å²) >= 11 is 0. The third kappa shape index (κ3) is 2.73. The zero-order valence-corrected chi connectivity index (χ0v) is 7.32. The Kier molecular flexibility index (Phi) is 3.30. The first-order chi connectivity index (χ1) is 6.13. The number of aromatic nitrogens is 3. The predicted molar refractivity (Wildman–Crippen MR) is 43.2 cm³/mol. The molecule has 0 fully saturated rings. The molecule has 6 heteroatoms. The Balaban J connectivity index is 2.63. The molecule has 2 N–H and O–H groups in total. The molecule has 0 saturated carbocycles. The molecule has 1 heterocycles. The molecule has 0 aliphatic heterocycles. The summed E-state index contributed by atoms with van der Waals surface area (Å²) in [6.45, 7) is 1.47. The molecule has 0 radical (unpaired) electrons. The smallest absolute Gasteiger partial charge is 0.257 e. The quantitative estimate of drug-likeness (QED) is 0.769. The predicted octanol–water partition coefficient (Wildman–Crippen LogP) is 0.953. The van der Waals surface area contributed by atoms with Gasteiger partial charge in [0.25, 0.3) is 6.43 Å². The normalized spacial score (nSPS) is 13.6. The van der Waals surface area contributed by atoms with Crippen LogP contribution in [0.25, 0.3) is 0 Å². The molecule has 74 valence electrons. The van der Waals surface area contributed by atoms with Gasteiger partial charge in [-0.05, 0) is 6.42 Å². The average molecular weight is 190 g/mol. The first-order valence-corrected chi connectivity index (χ1v) is 4.07. The molecule has 0 amide bonds. The van der Waals surface area contributed by atoms with Crippen LogP contribution in [0.15, 0.2) is 6.20 Å². The van der Waals surface area contributed by atoms with Crippen LogP contribution in [0, 0.1) is 0 Å². The van der Waals surface area contributed by atoms with Crippen LogP contribution in [0.4, 0.5) is 8.78 Å². The summed E-state index contributed by atoms with van der Waals surface area (Å²) in [4.78, 5) is 0. The van der Waals surface area contributed by atoms with E-state index in [1.807, 2.05) is 6.92 Å². The maximum Gasteiger partial charge on any atom is 0.257 e. The van der Waals surface area contributed by atoms with E-state index in [9.17, 15) is 8.78 Å². The fourth-order valence-electron chi connectivity index (χ4n) is 0.923. The molecule has 0 spiro atoms. The molecule has 1 unspecified atom stereocenters. The molecule has 1 atom stereocenters. The number of nitrogens with zero attached hydrogens (tertiary/aromatic N) is 3. The Morgan fingerprint density at radius 2 is 2.31 bits per heavy atom. The van der Waals surface area contributed by atoms with E-state index in [0.29, 0.717) is 12.1 Å². The number of rotatable bonds is 4. The van der Waals surface area contributed by atoms with Gasteiger partial charge in [0.2, 0.25) is 0 Å². The van der Waals surface area contributed by atoms with Gasteiger partial charge in [-0.2, -0.15) is 0 Å². The molecule has 1 rings (SSSR count). The van der Waals surface area contributed by atoms with Gasteiger partial charge in [-0.15, -0.1) is 5.10 Å². The van der Waals surface area contributed by atoms with E-state index >= 15 is 0 Å². The first-order valence-electron chi connectivity index (χ1n) is 4.07. The molecule has 0 aliphatic carbocycles. The molecule has 0 bridgehead atoms. The summed E-state index contributed by atoms with van der Waals surface area (Å²) in [6, 6.07) is -0.216. The van der Waals surface area contributed by atoms with E-state index in [-0.39, 0.29) is 6.04 Å². The van der Waals surface area contributed by atoms with E-state index in [1.165, 1.54) is 6.20 Å². The van der Waals surface area contributed by atoms with Gasteiger partial charge < -0.3 is 5.73 Å². The largest absolute Gasteiger partial charge is 0.323 e. The molecule has 0 aromatic carbocycles. The zero-order valence-electron chi connectivity index (χ0n) is 7.32. The highest BCUT2D eigenvalue weighted by molar-refractivity contribution is 4.98. The van der Waals surface area contributed by atoms with E-state index in [2.05, 4.69) is 10.3 Å². The van der Waals surface area contributed by atoms with E-state index in [0.717, 1.165) is 4.68 Å². The molecular formula is C7H12F2N4. The van der Waals surface area contributed by atoms with Crippen LogP contribution >= 0.6 is 0 Å². The molecule has 13 heavy (non-hydrogen) atoms. The van der Waals surface area contributed by atoms with Crippen molar-refractivity contribution in [3.8, 4) is 0 Å². The Bertz CT molecular complexity index is 261. The van der Waals surface area contributed by atoms with Crippen molar-refractivity contribution in [3.63, 3.8) is 0 Å². The summed E-state index contributed by atoms with van der Waals surface area (Å²) in [6.07, 6.45) is -0.236. The lowest BCUT2D eigenvalue weighted by molar-refractivity contribution is 0.121. The maximum atomic E-state index is 11.9. The summed E-state index contributed by atoms with van der Waals surface area (Å²) < 4.78 is 24.9. The Morgan fingerprint density at radius 3 is 2.85 bits per heavy atom. The van der Waals surface area contributed by atoms with Gasteiger partial charge in [0.05, 0.1) is 17.9 Å².